The van der Waals surface area contributed by atoms with Crippen LogP contribution in [0.3, 0.4) is 0 Å². The zero-order chi connectivity index (χ0) is 33.2. The minimum absolute atomic E-state index is 0.0463. The Morgan fingerprint density at radius 3 is 1.78 bits per heavy atom. The van der Waals surface area contributed by atoms with Gasteiger partial charge >= 0.3 is 6.11 Å². The minimum atomic E-state index is -4.72. The number of ether oxygens (including phenoxy) is 1. The lowest BCUT2D eigenvalue weighted by atomic mass is 9.97. The fourth-order valence-electron chi connectivity index (χ4n) is 4.94. The first-order valence-electron chi connectivity index (χ1n) is 14.1. The molecule has 0 spiro atoms. The smallest absolute Gasteiger partial charge is 0.429 e. The van der Waals surface area contributed by atoms with E-state index in [-0.39, 0.29) is 16.7 Å². The first kappa shape index (κ1) is 32.9. The van der Waals surface area contributed by atoms with Crippen molar-refractivity contribution in [3.05, 3.63) is 130 Å². The Balaban J connectivity index is 1.37. The Morgan fingerprint density at radius 2 is 1.22 bits per heavy atom. The number of pyridine rings is 1. The maximum atomic E-state index is 15.2. The molecule has 11 heteroatoms. The standard InChI is InChI=1S/C35H24ClF8NO/c1-2-3-4-5-19-6-11-32(45-18-19)21-8-10-24(27(38)13-21)20-7-9-25(26(37)12-20)22-14-28(39)33(29(40)15-22)35(43,44)46-23-16-30(41)34(36)31(42)17-23/h6-18H,2-5H2,1H3. The Labute approximate surface area is 264 Å². The lowest BCUT2D eigenvalue weighted by molar-refractivity contribution is -0.189. The van der Waals surface area contributed by atoms with Crippen molar-refractivity contribution >= 4 is 11.6 Å². The van der Waals surface area contributed by atoms with Crippen LogP contribution in [0.4, 0.5) is 35.1 Å². The van der Waals surface area contributed by atoms with Crippen molar-refractivity contribution in [2.45, 2.75) is 38.7 Å². The molecule has 5 aromatic rings. The van der Waals surface area contributed by atoms with Crippen molar-refractivity contribution in [3.63, 3.8) is 0 Å². The largest absolute Gasteiger partial charge is 0.432 e. The summed E-state index contributed by atoms with van der Waals surface area (Å²) < 4.78 is 121. The number of halogens is 9. The van der Waals surface area contributed by atoms with Gasteiger partial charge in [0, 0.05) is 35.0 Å². The predicted molar refractivity (Wildman–Crippen MR) is 159 cm³/mol. The molecule has 238 valence electrons. The highest BCUT2D eigenvalue weighted by Crippen LogP contribution is 2.39. The molecule has 4 aromatic carbocycles. The predicted octanol–water partition coefficient (Wildman–Crippen LogP) is 11.4. The van der Waals surface area contributed by atoms with E-state index in [4.69, 9.17) is 11.6 Å². The van der Waals surface area contributed by atoms with Crippen molar-refractivity contribution in [2.75, 3.05) is 0 Å². The van der Waals surface area contributed by atoms with E-state index in [1.54, 1.807) is 18.3 Å². The summed E-state index contributed by atoms with van der Waals surface area (Å²) in [5, 5.41) is -0.985. The van der Waals surface area contributed by atoms with Crippen molar-refractivity contribution < 1.29 is 39.9 Å². The molecule has 1 aromatic heterocycles. The fourth-order valence-corrected chi connectivity index (χ4v) is 5.05. The van der Waals surface area contributed by atoms with E-state index in [0.29, 0.717) is 35.5 Å². The molecule has 1 heterocycles. The van der Waals surface area contributed by atoms with Gasteiger partial charge in [0.25, 0.3) is 0 Å². The number of rotatable bonds is 10. The number of hydrogen-bond donors (Lipinski definition) is 0. The molecule has 5 rings (SSSR count). The van der Waals surface area contributed by atoms with Gasteiger partial charge in [-0.1, -0.05) is 61.7 Å². The molecule has 46 heavy (non-hydrogen) atoms. The normalized spacial score (nSPS) is 11.6. The van der Waals surface area contributed by atoms with Crippen LogP contribution in [0.2, 0.25) is 5.02 Å². The lowest BCUT2D eigenvalue weighted by Crippen LogP contribution is -2.25. The summed E-state index contributed by atoms with van der Waals surface area (Å²) in [7, 11) is 0. The Kier molecular flexibility index (Phi) is 9.67. The van der Waals surface area contributed by atoms with Crippen LogP contribution in [0, 0.1) is 34.9 Å². The van der Waals surface area contributed by atoms with E-state index in [1.807, 2.05) is 6.07 Å². The van der Waals surface area contributed by atoms with E-state index in [2.05, 4.69) is 16.6 Å². The van der Waals surface area contributed by atoms with Gasteiger partial charge in [-0.3, -0.25) is 4.98 Å². The van der Waals surface area contributed by atoms with E-state index in [1.165, 1.54) is 18.2 Å². The molecule has 0 aliphatic heterocycles. The molecule has 0 radical (unpaired) electrons. The summed E-state index contributed by atoms with van der Waals surface area (Å²) in [6.45, 7) is 2.12. The topological polar surface area (TPSA) is 22.1 Å². The van der Waals surface area contributed by atoms with Gasteiger partial charge in [0.1, 0.15) is 51.2 Å². The van der Waals surface area contributed by atoms with E-state index in [9.17, 15) is 26.3 Å². The third-order valence-corrected chi connectivity index (χ3v) is 7.65. The summed E-state index contributed by atoms with van der Waals surface area (Å²) in [4.78, 5) is 4.42. The van der Waals surface area contributed by atoms with Crippen molar-refractivity contribution in [1.29, 1.82) is 0 Å². The van der Waals surface area contributed by atoms with Gasteiger partial charge in [-0.15, -0.1) is 0 Å². The summed E-state index contributed by atoms with van der Waals surface area (Å²) >= 11 is 5.31. The maximum Gasteiger partial charge on any atom is 0.432 e. The van der Waals surface area contributed by atoms with Gasteiger partial charge in [-0.2, -0.15) is 8.78 Å². The third-order valence-electron chi connectivity index (χ3n) is 7.29. The number of alkyl halides is 2. The fraction of sp³-hybridized carbons (Fsp3) is 0.171. The molecule has 2 nitrogen and oxygen atoms in total. The van der Waals surface area contributed by atoms with Gasteiger partial charge in [-0.25, -0.2) is 26.3 Å². The second-order valence-electron chi connectivity index (χ2n) is 10.5. The van der Waals surface area contributed by atoms with Gasteiger partial charge in [0.2, 0.25) is 0 Å². The van der Waals surface area contributed by atoms with E-state index in [0.717, 1.165) is 43.4 Å². The highest BCUT2D eigenvalue weighted by molar-refractivity contribution is 6.30. The number of unbranched alkanes of at least 4 members (excludes halogenated alkanes) is 2. The molecule has 0 aliphatic carbocycles. The molecule has 0 saturated heterocycles. The summed E-state index contributed by atoms with van der Waals surface area (Å²) in [5.41, 5.74) is -0.366. The molecule has 0 atom stereocenters. The molecule has 0 fully saturated rings. The van der Waals surface area contributed by atoms with Crippen LogP contribution in [-0.2, 0) is 12.5 Å². The zero-order valence-electron chi connectivity index (χ0n) is 24.1. The number of nitrogens with zero attached hydrogens (tertiary/aromatic N) is 1. The average molecular weight is 662 g/mol. The molecule has 0 N–H and O–H groups in total. The van der Waals surface area contributed by atoms with Crippen LogP contribution >= 0.6 is 11.6 Å². The summed E-state index contributed by atoms with van der Waals surface area (Å²) in [5.74, 6) is -9.26. The third kappa shape index (κ3) is 7.02. The highest BCUT2D eigenvalue weighted by Gasteiger charge is 2.41. The van der Waals surface area contributed by atoms with Gasteiger partial charge in [0.05, 0.1) is 5.69 Å². The van der Waals surface area contributed by atoms with Gasteiger partial charge in [-0.05, 0) is 59.9 Å². The maximum absolute atomic E-state index is 15.2. The molecular formula is C35H24ClF8NO. The van der Waals surface area contributed by atoms with Crippen LogP contribution in [0.5, 0.6) is 5.75 Å². The number of aryl methyl sites for hydroxylation is 1. The second-order valence-corrected chi connectivity index (χ2v) is 10.9. The van der Waals surface area contributed by atoms with Crippen LogP contribution in [0.25, 0.3) is 33.5 Å². The summed E-state index contributed by atoms with van der Waals surface area (Å²) in [6.07, 6.45) is 1.19. The van der Waals surface area contributed by atoms with E-state index < -0.39 is 62.9 Å². The van der Waals surface area contributed by atoms with Gasteiger partial charge in [0.15, 0.2) is 0 Å². The first-order valence-corrected chi connectivity index (χ1v) is 14.5. The van der Waals surface area contributed by atoms with Crippen LogP contribution in [-0.4, -0.2) is 4.98 Å². The molecule has 0 bridgehead atoms. The van der Waals surface area contributed by atoms with Crippen LogP contribution in [0.1, 0.15) is 37.3 Å². The van der Waals surface area contributed by atoms with Crippen molar-refractivity contribution in [1.82, 2.24) is 4.98 Å². The monoisotopic (exact) mass is 661 g/mol. The van der Waals surface area contributed by atoms with Crippen LogP contribution < -0.4 is 4.74 Å². The lowest BCUT2D eigenvalue weighted by Gasteiger charge is -2.20. The van der Waals surface area contributed by atoms with Crippen molar-refractivity contribution in [3.8, 4) is 39.3 Å². The van der Waals surface area contributed by atoms with Gasteiger partial charge < -0.3 is 4.74 Å². The summed E-state index contributed by atoms with van der Waals surface area (Å²) in [6, 6.07) is 13.0. The van der Waals surface area contributed by atoms with E-state index >= 15 is 8.78 Å². The molecular weight excluding hydrogens is 638 g/mol. The SMILES string of the molecule is CCCCCc1ccc(-c2ccc(-c3ccc(-c4cc(F)c(C(F)(F)Oc5cc(F)c(Cl)c(F)c5)c(F)c4)c(F)c3)c(F)c2)nc1. The molecule has 0 aliphatic rings. The Morgan fingerprint density at radius 1 is 0.652 bits per heavy atom. The van der Waals surface area contributed by atoms with Crippen molar-refractivity contribution in [2.24, 2.45) is 0 Å². The highest BCUT2D eigenvalue weighted by atomic mass is 35.5. The second kappa shape index (κ2) is 13.5. The Bertz CT molecular complexity index is 1850. The molecule has 0 unspecified atom stereocenters. The zero-order valence-corrected chi connectivity index (χ0v) is 24.8. The number of hydrogen-bond acceptors (Lipinski definition) is 2. The molecule has 0 amide bonds. The number of benzene rings is 4. The first-order chi connectivity index (χ1) is 21.9. The Hall–Kier alpha value is -4.44. The van der Waals surface area contributed by atoms with Crippen LogP contribution in [0.15, 0.2) is 79.0 Å². The molecule has 0 saturated carbocycles. The minimum Gasteiger partial charge on any atom is -0.429 e. The average Bonchev–Trinajstić information content (AvgIpc) is 2.99. The number of aromatic nitrogens is 1. The quantitative estimate of drug-likeness (QED) is 0.0844.